The Kier molecular flexibility index (Phi) is 3.26. The largest absolute Gasteiger partial charge is 0.442 e. The number of hydrogen-bond donors (Lipinski definition) is 1. The maximum Gasteiger partial charge on any atom is 0.415 e. The zero-order valence-corrected chi connectivity index (χ0v) is 13.8. The molecule has 8 nitrogen and oxygen atoms in total. The second-order valence-corrected chi connectivity index (χ2v) is 6.40. The lowest BCUT2D eigenvalue weighted by molar-refractivity contribution is 0.135. The van der Waals surface area contributed by atoms with Gasteiger partial charge in [-0.15, -0.1) is 5.10 Å². The number of ether oxygens (including phenoxy) is 1. The van der Waals surface area contributed by atoms with Crippen LogP contribution in [0.2, 0.25) is 0 Å². The fourth-order valence-corrected chi connectivity index (χ4v) is 3.68. The van der Waals surface area contributed by atoms with E-state index >= 15 is 0 Å². The van der Waals surface area contributed by atoms with Crippen molar-refractivity contribution in [1.82, 2.24) is 20.0 Å². The van der Waals surface area contributed by atoms with Crippen LogP contribution in [0.4, 0.5) is 10.5 Å². The molecule has 3 aromatic rings. The molecule has 26 heavy (non-hydrogen) atoms. The Bertz CT molecular complexity index is 970. The van der Waals surface area contributed by atoms with Crippen molar-refractivity contribution in [3.8, 4) is 16.9 Å². The minimum atomic E-state index is -0.309. The first-order valence-corrected chi connectivity index (χ1v) is 8.40. The van der Waals surface area contributed by atoms with Crippen molar-refractivity contribution in [2.24, 2.45) is 5.73 Å². The SMILES string of the molecule is NCC1OC(=O)N2c3ccc(-c4ccc(-n5ccnn5)nc4)cc3C[C@@H]12. The van der Waals surface area contributed by atoms with Gasteiger partial charge in [-0.25, -0.2) is 14.5 Å². The van der Waals surface area contributed by atoms with Crippen molar-refractivity contribution >= 4 is 11.8 Å². The van der Waals surface area contributed by atoms with Crippen LogP contribution < -0.4 is 10.6 Å². The van der Waals surface area contributed by atoms with Crippen LogP contribution >= 0.6 is 0 Å². The molecule has 8 heteroatoms. The zero-order chi connectivity index (χ0) is 17.7. The molecule has 0 aliphatic carbocycles. The number of rotatable bonds is 3. The van der Waals surface area contributed by atoms with Gasteiger partial charge in [0.15, 0.2) is 5.82 Å². The van der Waals surface area contributed by atoms with Gasteiger partial charge in [-0.1, -0.05) is 11.3 Å². The molecule has 1 aromatic carbocycles. The maximum absolute atomic E-state index is 12.1. The molecule has 130 valence electrons. The summed E-state index contributed by atoms with van der Waals surface area (Å²) >= 11 is 0. The molecule has 1 saturated heterocycles. The standard InChI is InChI=1S/C18H16N6O2/c19-9-16-15-8-13-7-11(1-3-14(13)24(15)18(25)26-16)12-2-4-17(20-10-12)23-6-5-21-22-23/h1-7,10,15-16H,8-9,19H2/t15-,16?/m0/s1. The second kappa shape index (κ2) is 5.63. The van der Waals surface area contributed by atoms with E-state index in [-0.39, 0.29) is 18.2 Å². The van der Waals surface area contributed by atoms with E-state index in [0.717, 1.165) is 28.8 Å². The molecule has 1 fully saturated rings. The van der Waals surface area contributed by atoms with E-state index in [1.807, 2.05) is 30.5 Å². The lowest BCUT2D eigenvalue weighted by Gasteiger charge is -2.14. The van der Waals surface area contributed by atoms with Crippen LogP contribution in [0.5, 0.6) is 0 Å². The first-order chi connectivity index (χ1) is 12.7. The van der Waals surface area contributed by atoms with Gasteiger partial charge in [-0.3, -0.25) is 4.90 Å². The molecule has 5 rings (SSSR count). The summed E-state index contributed by atoms with van der Waals surface area (Å²) in [6.07, 6.45) is 5.37. The molecular weight excluding hydrogens is 332 g/mol. The van der Waals surface area contributed by atoms with Crippen molar-refractivity contribution in [3.63, 3.8) is 0 Å². The Labute approximate surface area is 149 Å². The third-order valence-electron chi connectivity index (χ3n) is 4.95. The minimum Gasteiger partial charge on any atom is -0.442 e. The van der Waals surface area contributed by atoms with Crippen LogP contribution in [0.25, 0.3) is 16.9 Å². The first-order valence-electron chi connectivity index (χ1n) is 8.40. The lowest BCUT2D eigenvalue weighted by atomic mass is 10.0. The number of nitrogens with two attached hydrogens (primary N) is 1. The number of fused-ring (bicyclic) bond motifs is 3. The van der Waals surface area contributed by atoms with Crippen molar-refractivity contribution in [3.05, 3.63) is 54.5 Å². The number of benzene rings is 1. The molecule has 2 N–H and O–H groups in total. The quantitative estimate of drug-likeness (QED) is 0.771. The Morgan fingerprint density at radius 3 is 2.85 bits per heavy atom. The van der Waals surface area contributed by atoms with E-state index < -0.39 is 0 Å². The second-order valence-electron chi connectivity index (χ2n) is 6.40. The highest BCUT2D eigenvalue weighted by molar-refractivity contribution is 5.94. The van der Waals surface area contributed by atoms with E-state index in [1.165, 1.54) is 0 Å². The number of hydrogen-bond acceptors (Lipinski definition) is 6. The molecule has 0 bridgehead atoms. The van der Waals surface area contributed by atoms with Crippen LogP contribution in [0.15, 0.2) is 48.9 Å². The number of nitrogens with zero attached hydrogens (tertiary/aromatic N) is 5. The van der Waals surface area contributed by atoms with Crippen LogP contribution in [0.3, 0.4) is 0 Å². The highest BCUT2D eigenvalue weighted by atomic mass is 16.6. The number of pyridine rings is 1. The number of carbonyl (C=O) groups is 1. The molecule has 2 aromatic heterocycles. The number of carbonyl (C=O) groups excluding carboxylic acids is 1. The zero-order valence-electron chi connectivity index (χ0n) is 13.8. The van der Waals surface area contributed by atoms with Crippen LogP contribution in [-0.2, 0) is 11.2 Å². The fraction of sp³-hybridized carbons (Fsp3) is 0.222. The molecule has 2 atom stereocenters. The predicted molar refractivity (Wildman–Crippen MR) is 93.9 cm³/mol. The van der Waals surface area contributed by atoms with Crippen molar-refractivity contribution < 1.29 is 9.53 Å². The molecule has 2 aliphatic heterocycles. The van der Waals surface area contributed by atoms with E-state index in [4.69, 9.17) is 10.5 Å². The highest BCUT2D eigenvalue weighted by Gasteiger charge is 2.46. The van der Waals surface area contributed by atoms with E-state index in [1.54, 1.807) is 22.0 Å². The maximum atomic E-state index is 12.1. The highest BCUT2D eigenvalue weighted by Crippen LogP contribution is 2.40. The summed E-state index contributed by atoms with van der Waals surface area (Å²) < 4.78 is 6.95. The van der Waals surface area contributed by atoms with Gasteiger partial charge in [0.2, 0.25) is 0 Å². The summed E-state index contributed by atoms with van der Waals surface area (Å²) in [6.45, 7) is 0.335. The Morgan fingerprint density at radius 1 is 1.23 bits per heavy atom. The third-order valence-corrected chi connectivity index (χ3v) is 4.95. The Hall–Kier alpha value is -3.26. The van der Waals surface area contributed by atoms with E-state index in [9.17, 15) is 4.79 Å². The predicted octanol–water partition coefficient (Wildman–Crippen LogP) is 1.54. The van der Waals surface area contributed by atoms with E-state index in [2.05, 4.69) is 21.4 Å². The first kappa shape index (κ1) is 15.0. The number of aromatic nitrogens is 4. The summed E-state index contributed by atoms with van der Waals surface area (Å²) in [5, 5.41) is 7.72. The monoisotopic (exact) mass is 348 g/mol. The smallest absolute Gasteiger partial charge is 0.415 e. The van der Waals surface area contributed by atoms with Crippen LogP contribution in [0, 0.1) is 0 Å². The summed E-state index contributed by atoms with van der Waals surface area (Å²) in [7, 11) is 0. The number of amides is 1. The summed E-state index contributed by atoms with van der Waals surface area (Å²) in [5.41, 5.74) is 9.83. The van der Waals surface area contributed by atoms with Gasteiger partial charge in [0.05, 0.1) is 24.1 Å². The molecular formula is C18H16N6O2. The fourth-order valence-electron chi connectivity index (χ4n) is 3.68. The number of anilines is 1. The minimum absolute atomic E-state index is 0.00873. The molecule has 2 aliphatic rings. The van der Waals surface area contributed by atoms with Crippen molar-refractivity contribution in [1.29, 1.82) is 0 Å². The normalized spacial score (nSPS) is 20.8. The van der Waals surface area contributed by atoms with Crippen molar-refractivity contribution in [2.45, 2.75) is 18.6 Å². The van der Waals surface area contributed by atoms with Gasteiger partial charge in [0.1, 0.15) is 6.10 Å². The van der Waals surface area contributed by atoms with Gasteiger partial charge in [-0.2, -0.15) is 0 Å². The molecule has 0 saturated carbocycles. The van der Waals surface area contributed by atoms with Gasteiger partial charge < -0.3 is 10.5 Å². The van der Waals surface area contributed by atoms with Gasteiger partial charge in [-0.05, 0) is 41.8 Å². The Balaban J connectivity index is 1.46. The molecule has 1 amide bonds. The average molecular weight is 348 g/mol. The molecule has 4 heterocycles. The van der Waals surface area contributed by atoms with Crippen LogP contribution in [0.1, 0.15) is 5.56 Å². The van der Waals surface area contributed by atoms with Gasteiger partial charge >= 0.3 is 6.09 Å². The topological polar surface area (TPSA) is 99.2 Å². The molecule has 1 unspecified atom stereocenters. The average Bonchev–Trinajstić information content (AvgIpc) is 3.38. The van der Waals surface area contributed by atoms with Crippen LogP contribution in [-0.4, -0.2) is 44.8 Å². The molecule has 0 spiro atoms. The number of cyclic esters (lactones) is 1. The van der Waals surface area contributed by atoms with E-state index in [0.29, 0.717) is 12.4 Å². The summed E-state index contributed by atoms with van der Waals surface area (Å²) in [6, 6.07) is 9.97. The lowest BCUT2D eigenvalue weighted by Crippen LogP contribution is -2.37. The van der Waals surface area contributed by atoms with Gasteiger partial charge in [0.25, 0.3) is 0 Å². The summed E-state index contributed by atoms with van der Waals surface area (Å²) in [5.74, 6) is 0.710. The Morgan fingerprint density at radius 2 is 2.12 bits per heavy atom. The summed E-state index contributed by atoms with van der Waals surface area (Å²) in [4.78, 5) is 18.3. The molecule has 0 radical (unpaired) electrons. The van der Waals surface area contributed by atoms with Gasteiger partial charge in [0, 0.05) is 18.3 Å². The third kappa shape index (κ3) is 2.19. The van der Waals surface area contributed by atoms with Crippen molar-refractivity contribution in [2.75, 3.05) is 11.4 Å².